The summed E-state index contributed by atoms with van der Waals surface area (Å²) >= 11 is 6.19. The van der Waals surface area contributed by atoms with Gasteiger partial charge in [0, 0.05) is 13.6 Å². The van der Waals surface area contributed by atoms with E-state index in [0.717, 1.165) is 35.1 Å². The first-order chi connectivity index (χ1) is 12.6. The normalized spacial score (nSPS) is 11.1. The van der Waals surface area contributed by atoms with E-state index in [1.807, 2.05) is 25.2 Å². The molecular weight excluding hydrogens is 354 g/mol. The van der Waals surface area contributed by atoms with Crippen molar-refractivity contribution in [2.24, 2.45) is 7.05 Å². The summed E-state index contributed by atoms with van der Waals surface area (Å²) in [5.41, 5.74) is 3.51. The lowest BCUT2D eigenvalue weighted by Crippen LogP contribution is -2.07. The number of hydrogen-bond acceptors (Lipinski definition) is 6. The van der Waals surface area contributed by atoms with Crippen LogP contribution >= 0.6 is 11.6 Å². The Bertz CT molecular complexity index is 926. The third-order valence-electron chi connectivity index (χ3n) is 4.10. The molecule has 0 radical (unpaired) electrons. The third-order valence-corrected chi connectivity index (χ3v) is 4.40. The predicted octanol–water partition coefficient (Wildman–Crippen LogP) is 3.08. The van der Waals surface area contributed by atoms with Crippen molar-refractivity contribution in [2.75, 3.05) is 12.4 Å². The standard InChI is InChI=1S/C18H22ClN5O2/c1-4-5-13-16-17(24(2)23-13)18(22-15(10-25)21-16)20-9-11-6-7-14(26-3)12(19)8-11/h6-8,25H,4-5,9-10H2,1-3H3,(H,20,21,22). The molecule has 0 unspecified atom stereocenters. The van der Waals surface area contributed by atoms with E-state index >= 15 is 0 Å². The highest BCUT2D eigenvalue weighted by Crippen LogP contribution is 2.27. The monoisotopic (exact) mass is 375 g/mol. The number of anilines is 1. The minimum Gasteiger partial charge on any atom is -0.495 e. The van der Waals surface area contributed by atoms with Gasteiger partial charge in [-0.3, -0.25) is 4.68 Å². The van der Waals surface area contributed by atoms with Crippen LogP contribution in [0, 0.1) is 0 Å². The summed E-state index contributed by atoms with van der Waals surface area (Å²) < 4.78 is 6.96. The number of ether oxygens (including phenoxy) is 1. The first-order valence-electron chi connectivity index (χ1n) is 8.47. The molecule has 1 aromatic carbocycles. The van der Waals surface area contributed by atoms with Crippen LogP contribution in [0.3, 0.4) is 0 Å². The van der Waals surface area contributed by atoms with Crippen molar-refractivity contribution in [2.45, 2.75) is 32.9 Å². The van der Waals surface area contributed by atoms with Crippen molar-refractivity contribution in [1.29, 1.82) is 0 Å². The first kappa shape index (κ1) is 18.4. The molecule has 2 N–H and O–H groups in total. The lowest BCUT2D eigenvalue weighted by atomic mass is 10.2. The van der Waals surface area contributed by atoms with Crippen molar-refractivity contribution in [1.82, 2.24) is 19.7 Å². The topological polar surface area (TPSA) is 85.1 Å². The zero-order valence-electron chi connectivity index (χ0n) is 15.1. The van der Waals surface area contributed by atoms with Gasteiger partial charge in [0.25, 0.3) is 0 Å². The molecule has 3 rings (SSSR count). The van der Waals surface area contributed by atoms with E-state index in [-0.39, 0.29) is 6.61 Å². The van der Waals surface area contributed by atoms with Crippen LogP contribution in [0.1, 0.15) is 30.4 Å². The van der Waals surface area contributed by atoms with E-state index in [1.54, 1.807) is 11.8 Å². The summed E-state index contributed by atoms with van der Waals surface area (Å²) in [6, 6.07) is 5.62. The number of rotatable bonds is 7. The Hall–Kier alpha value is -2.38. The van der Waals surface area contributed by atoms with Gasteiger partial charge in [0.15, 0.2) is 11.6 Å². The van der Waals surface area contributed by atoms with Crippen LogP contribution in [-0.4, -0.2) is 32.0 Å². The highest BCUT2D eigenvalue weighted by atomic mass is 35.5. The minimum absolute atomic E-state index is 0.223. The largest absolute Gasteiger partial charge is 0.495 e. The number of hydrogen-bond donors (Lipinski definition) is 2. The summed E-state index contributed by atoms with van der Waals surface area (Å²) in [7, 11) is 3.46. The quantitative estimate of drug-likeness (QED) is 0.660. The molecule has 0 aliphatic carbocycles. The molecule has 2 heterocycles. The van der Waals surface area contributed by atoms with Crippen molar-refractivity contribution < 1.29 is 9.84 Å². The van der Waals surface area contributed by atoms with Crippen molar-refractivity contribution >= 4 is 28.5 Å². The Morgan fingerprint density at radius 3 is 2.77 bits per heavy atom. The van der Waals surface area contributed by atoms with Crippen LogP contribution in [0.25, 0.3) is 11.0 Å². The summed E-state index contributed by atoms with van der Waals surface area (Å²) in [5.74, 6) is 1.65. The molecule has 0 spiro atoms. The van der Waals surface area contributed by atoms with Gasteiger partial charge >= 0.3 is 0 Å². The van der Waals surface area contributed by atoms with Crippen molar-refractivity contribution in [3.63, 3.8) is 0 Å². The van der Waals surface area contributed by atoms with E-state index in [2.05, 4.69) is 27.3 Å². The molecule has 138 valence electrons. The molecule has 0 saturated carbocycles. The molecule has 26 heavy (non-hydrogen) atoms. The lowest BCUT2D eigenvalue weighted by molar-refractivity contribution is 0.272. The Morgan fingerprint density at radius 2 is 2.12 bits per heavy atom. The number of aliphatic hydroxyl groups excluding tert-OH is 1. The molecule has 3 aromatic rings. The predicted molar refractivity (Wildman–Crippen MR) is 102 cm³/mol. The fourth-order valence-corrected chi connectivity index (χ4v) is 3.17. The second-order valence-electron chi connectivity index (χ2n) is 5.99. The van der Waals surface area contributed by atoms with Gasteiger partial charge in [0.05, 0.1) is 17.8 Å². The number of aliphatic hydroxyl groups is 1. The second-order valence-corrected chi connectivity index (χ2v) is 6.39. The van der Waals surface area contributed by atoms with Crippen molar-refractivity contribution in [3.05, 3.63) is 40.3 Å². The highest BCUT2D eigenvalue weighted by molar-refractivity contribution is 6.32. The number of nitrogens with zero attached hydrogens (tertiary/aromatic N) is 4. The molecule has 7 nitrogen and oxygen atoms in total. The zero-order valence-corrected chi connectivity index (χ0v) is 15.8. The van der Waals surface area contributed by atoms with Crippen LogP contribution in [0.15, 0.2) is 18.2 Å². The number of halogens is 1. The zero-order chi connectivity index (χ0) is 18.7. The summed E-state index contributed by atoms with van der Waals surface area (Å²) in [6.45, 7) is 2.40. The van der Waals surface area contributed by atoms with Gasteiger partial charge in [0.2, 0.25) is 0 Å². The van der Waals surface area contributed by atoms with Gasteiger partial charge < -0.3 is 15.2 Å². The van der Waals surface area contributed by atoms with E-state index in [9.17, 15) is 5.11 Å². The third kappa shape index (κ3) is 3.59. The number of methoxy groups -OCH3 is 1. The van der Waals surface area contributed by atoms with Crippen LogP contribution in [0.4, 0.5) is 5.82 Å². The van der Waals surface area contributed by atoms with Crippen LogP contribution in [-0.2, 0) is 26.6 Å². The van der Waals surface area contributed by atoms with Gasteiger partial charge in [-0.05, 0) is 24.1 Å². The van der Waals surface area contributed by atoms with Gasteiger partial charge in [-0.15, -0.1) is 0 Å². The van der Waals surface area contributed by atoms with E-state index in [1.165, 1.54) is 0 Å². The average molecular weight is 376 g/mol. The SMILES string of the molecule is CCCc1nn(C)c2c(NCc3ccc(OC)c(Cl)c3)nc(CO)nc12. The maximum atomic E-state index is 9.52. The molecule has 8 heteroatoms. The van der Waals surface area contributed by atoms with Crippen LogP contribution in [0.2, 0.25) is 5.02 Å². The molecule has 0 amide bonds. The van der Waals surface area contributed by atoms with Crippen LogP contribution < -0.4 is 10.1 Å². The number of benzene rings is 1. The number of aromatic nitrogens is 4. The van der Waals surface area contributed by atoms with E-state index < -0.39 is 0 Å². The number of nitrogens with one attached hydrogen (secondary N) is 1. The van der Waals surface area contributed by atoms with E-state index in [4.69, 9.17) is 16.3 Å². The second kappa shape index (κ2) is 7.88. The Labute approximate surface area is 157 Å². The molecule has 0 atom stereocenters. The summed E-state index contributed by atoms with van der Waals surface area (Å²) in [6.07, 6.45) is 1.80. The van der Waals surface area contributed by atoms with Crippen molar-refractivity contribution in [3.8, 4) is 5.75 Å². The van der Waals surface area contributed by atoms with Gasteiger partial charge in [-0.25, -0.2) is 9.97 Å². The van der Waals surface area contributed by atoms with Crippen LogP contribution in [0.5, 0.6) is 5.75 Å². The number of aryl methyl sites for hydroxylation is 2. The molecule has 0 saturated heterocycles. The fourth-order valence-electron chi connectivity index (χ4n) is 2.89. The lowest BCUT2D eigenvalue weighted by Gasteiger charge is -2.10. The summed E-state index contributed by atoms with van der Waals surface area (Å²) in [4.78, 5) is 8.90. The first-order valence-corrected chi connectivity index (χ1v) is 8.84. The average Bonchev–Trinajstić information content (AvgIpc) is 2.96. The smallest absolute Gasteiger partial charge is 0.157 e. The van der Waals surface area contributed by atoms with Gasteiger partial charge in [0.1, 0.15) is 23.4 Å². The maximum absolute atomic E-state index is 9.52. The highest BCUT2D eigenvalue weighted by Gasteiger charge is 2.16. The Kier molecular flexibility index (Phi) is 5.58. The van der Waals surface area contributed by atoms with Gasteiger partial charge in [-0.1, -0.05) is 31.0 Å². The minimum atomic E-state index is -0.223. The molecule has 0 bridgehead atoms. The molecule has 0 aliphatic heterocycles. The Morgan fingerprint density at radius 1 is 1.31 bits per heavy atom. The Balaban J connectivity index is 1.95. The molecule has 2 aromatic heterocycles. The summed E-state index contributed by atoms with van der Waals surface area (Å²) in [5, 5.41) is 18.0. The number of fused-ring (bicyclic) bond motifs is 1. The maximum Gasteiger partial charge on any atom is 0.157 e. The molecular formula is C18H22ClN5O2. The van der Waals surface area contributed by atoms with E-state index in [0.29, 0.717) is 29.0 Å². The molecule has 0 aliphatic rings. The fraction of sp³-hybridized carbons (Fsp3) is 0.389. The molecule has 0 fully saturated rings. The van der Waals surface area contributed by atoms with Gasteiger partial charge in [-0.2, -0.15) is 5.10 Å².